The Labute approximate surface area is 124 Å². The van der Waals surface area contributed by atoms with E-state index in [1.54, 1.807) is 0 Å². The number of nitrogens with zero attached hydrogens (tertiary/aromatic N) is 1. The number of aliphatic hydroxyl groups excluding tert-OH is 1. The molecule has 1 heterocycles. The first-order valence-electron chi connectivity index (χ1n) is 6.64. The first kappa shape index (κ1) is 16.3. The summed E-state index contributed by atoms with van der Waals surface area (Å²) in [5.74, 6) is -1.88. The van der Waals surface area contributed by atoms with Gasteiger partial charge in [-0.25, -0.2) is 0 Å². The number of carbonyl (C=O) groups is 2. The molecule has 22 heavy (non-hydrogen) atoms. The van der Waals surface area contributed by atoms with Gasteiger partial charge < -0.3 is 15.3 Å². The van der Waals surface area contributed by atoms with E-state index in [2.05, 4.69) is 5.32 Å². The number of hydrogen-bond donors (Lipinski definition) is 2. The van der Waals surface area contributed by atoms with Gasteiger partial charge in [0.2, 0.25) is 0 Å². The lowest BCUT2D eigenvalue weighted by Crippen LogP contribution is -2.38. The van der Waals surface area contributed by atoms with Crippen LogP contribution in [-0.2, 0) is 15.8 Å². The number of amides is 2. The van der Waals surface area contributed by atoms with Crippen LogP contribution in [0.3, 0.4) is 0 Å². The van der Waals surface area contributed by atoms with Gasteiger partial charge in [-0.3, -0.25) is 9.59 Å². The number of carbonyl (C=O) groups excluding carboxylic acids is 2. The number of anilines is 1. The van der Waals surface area contributed by atoms with E-state index in [9.17, 15) is 27.9 Å². The maximum Gasteiger partial charge on any atom is 0.416 e. The fourth-order valence-corrected chi connectivity index (χ4v) is 2.18. The van der Waals surface area contributed by atoms with Crippen molar-refractivity contribution in [2.24, 2.45) is 0 Å². The topological polar surface area (TPSA) is 69.6 Å². The van der Waals surface area contributed by atoms with Gasteiger partial charge in [0.15, 0.2) is 0 Å². The average Bonchev–Trinajstić information content (AvgIpc) is 2.85. The summed E-state index contributed by atoms with van der Waals surface area (Å²) in [4.78, 5) is 24.9. The van der Waals surface area contributed by atoms with Crippen LogP contribution in [-0.4, -0.2) is 41.0 Å². The molecule has 2 N–H and O–H groups in total. The van der Waals surface area contributed by atoms with Gasteiger partial charge in [-0.05, 0) is 31.0 Å². The molecule has 0 saturated carbocycles. The molecule has 1 aliphatic rings. The minimum absolute atomic E-state index is 0.0494. The highest BCUT2D eigenvalue weighted by Gasteiger charge is 2.32. The van der Waals surface area contributed by atoms with Crippen molar-refractivity contribution in [1.29, 1.82) is 0 Å². The second kappa shape index (κ2) is 5.96. The number of benzene rings is 1. The number of nitrogens with one attached hydrogen (secondary N) is 1. The lowest BCUT2D eigenvalue weighted by molar-refractivity contribution is -0.142. The Morgan fingerprint density at radius 1 is 1.36 bits per heavy atom. The molecule has 1 aromatic carbocycles. The van der Waals surface area contributed by atoms with Crippen molar-refractivity contribution in [2.45, 2.75) is 25.6 Å². The highest BCUT2D eigenvalue weighted by Crippen LogP contribution is 2.32. The SMILES string of the molecule is Cc1ccc(C(F)(F)F)cc1NC(=O)C(=O)N1CC[C@@H](O)C1. The van der Waals surface area contributed by atoms with Crippen LogP contribution < -0.4 is 5.32 Å². The minimum Gasteiger partial charge on any atom is -0.391 e. The van der Waals surface area contributed by atoms with Crippen LogP contribution >= 0.6 is 0 Å². The molecular weight excluding hydrogens is 301 g/mol. The Morgan fingerprint density at radius 3 is 2.59 bits per heavy atom. The Balaban J connectivity index is 2.13. The van der Waals surface area contributed by atoms with Crippen molar-refractivity contribution in [3.05, 3.63) is 29.3 Å². The molecule has 8 heteroatoms. The van der Waals surface area contributed by atoms with Gasteiger partial charge in [-0.1, -0.05) is 6.07 Å². The zero-order valence-corrected chi connectivity index (χ0v) is 11.8. The summed E-state index contributed by atoms with van der Waals surface area (Å²) in [6.45, 7) is 1.82. The van der Waals surface area contributed by atoms with Crippen molar-refractivity contribution < 1.29 is 27.9 Å². The van der Waals surface area contributed by atoms with E-state index in [1.807, 2.05) is 0 Å². The highest BCUT2D eigenvalue weighted by atomic mass is 19.4. The predicted molar refractivity (Wildman–Crippen MR) is 72.0 cm³/mol. The zero-order chi connectivity index (χ0) is 16.5. The van der Waals surface area contributed by atoms with Gasteiger partial charge in [0.1, 0.15) is 0 Å². The van der Waals surface area contributed by atoms with Gasteiger partial charge in [-0.2, -0.15) is 13.2 Å². The van der Waals surface area contributed by atoms with Crippen LogP contribution in [0.1, 0.15) is 17.5 Å². The molecule has 0 spiro atoms. The van der Waals surface area contributed by atoms with Crippen molar-refractivity contribution in [3.63, 3.8) is 0 Å². The zero-order valence-electron chi connectivity index (χ0n) is 11.8. The molecule has 2 amide bonds. The third-order valence-corrected chi connectivity index (χ3v) is 3.46. The number of β-amino-alcohol motifs (C(OH)–C–C–N with tert-alkyl or cyclic N) is 1. The summed E-state index contributed by atoms with van der Waals surface area (Å²) in [6, 6.07) is 2.92. The fourth-order valence-electron chi connectivity index (χ4n) is 2.18. The van der Waals surface area contributed by atoms with Crippen molar-refractivity contribution in [2.75, 3.05) is 18.4 Å². The Bertz CT molecular complexity index is 601. The number of rotatable bonds is 1. The number of likely N-dealkylation sites (tertiary alicyclic amines) is 1. The summed E-state index contributed by atoms with van der Waals surface area (Å²) < 4.78 is 38.0. The largest absolute Gasteiger partial charge is 0.416 e. The maximum atomic E-state index is 12.7. The van der Waals surface area contributed by atoms with E-state index in [0.29, 0.717) is 12.0 Å². The molecule has 1 aromatic rings. The normalized spacial score (nSPS) is 18.4. The second-order valence-electron chi connectivity index (χ2n) is 5.18. The van der Waals surface area contributed by atoms with Crippen molar-refractivity contribution in [3.8, 4) is 0 Å². The van der Waals surface area contributed by atoms with Crippen LogP contribution in [0, 0.1) is 6.92 Å². The quantitative estimate of drug-likeness (QED) is 0.772. The van der Waals surface area contributed by atoms with Gasteiger partial charge in [-0.15, -0.1) is 0 Å². The fraction of sp³-hybridized carbons (Fsp3) is 0.429. The van der Waals surface area contributed by atoms with Crippen molar-refractivity contribution >= 4 is 17.5 Å². The van der Waals surface area contributed by atoms with Crippen LogP contribution in [0.4, 0.5) is 18.9 Å². The van der Waals surface area contributed by atoms with Crippen LogP contribution in [0.15, 0.2) is 18.2 Å². The Morgan fingerprint density at radius 2 is 2.05 bits per heavy atom. The van der Waals surface area contributed by atoms with E-state index in [-0.39, 0.29) is 18.8 Å². The molecule has 0 aromatic heterocycles. The molecular formula is C14H15F3N2O3. The number of halogens is 3. The molecule has 1 saturated heterocycles. The van der Waals surface area contributed by atoms with E-state index < -0.39 is 29.7 Å². The summed E-state index contributed by atoms with van der Waals surface area (Å²) in [5.41, 5.74) is -0.555. The van der Waals surface area contributed by atoms with Crippen LogP contribution in [0.5, 0.6) is 0 Å². The smallest absolute Gasteiger partial charge is 0.391 e. The first-order valence-corrected chi connectivity index (χ1v) is 6.64. The molecule has 120 valence electrons. The molecule has 0 aliphatic carbocycles. The predicted octanol–water partition coefficient (Wildman–Crippen LogP) is 1.55. The molecule has 5 nitrogen and oxygen atoms in total. The van der Waals surface area contributed by atoms with E-state index in [1.165, 1.54) is 17.9 Å². The number of aryl methyl sites for hydroxylation is 1. The third kappa shape index (κ3) is 3.56. The highest BCUT2D eigenvalue weighted by molar-refractivity contribution is 6.39. The van der Waals surface area contributed by atoms with Gasteiger partial charge in [0.05, 0.1) is 11.7 Å². The standard InChI is InChI=1S/C14H15F3N2O3/c1-8-2-3-9(14(15,16)17)6-11(8)18-12(21)13(22)19-5-4-10(20)7-19/h2-3,6,10,20H,4-5,7H2,1H3,(H,18,21)/t10-/m1/s1. The lowest BCUT2D eigenvalue weighted by atomic mass is 10.1. The molecule has 0 radical (unpaired) electrons. The number of aliphatic hydroxyl groups is 1. The summed E-state index contributed by atoms with van der Waals surface area (Å²) in [6.07, 6.45) is -4.83. The average molecular weight is 316 g/mol. The molecule has 0 unspecified atom stereocenters. The maximum absolute atomic E-state index is 12.7. The van der Waals surface area contributed by atoms with E-state index >= 15 is 0 Å². The molecule has 2 rings (SSSR count). The van der Waals surface area contributed by atoms with E-state index in [0.717, 1.165) is 12.1 Å². The minimum atomic E-state index is -4.53. The molecule has 1 atom stereocenters. The second-order valence-corrected chi connectivity index (χ2v) is 5.18. The number of hydrogen-bond acceptors (Lipinski definition) is 3. The third-order valence-electron chi connectivity index (χ3n) is 3.46. The van der Waals surface area contributed by atoms with Gasteiger partial charge >= 0.3 is 18.0 Å². The molecule has 0 bridgehead atoms. The Kier molecular flexibility index (Phi) is 4.41. The van der Waals surface area contributed by atoms with E-state index in [4.69, 9.17) is 0 Å². The summed E-state index contributed by atoms with van der Waals surface area (Å²) in [5, 5.41) is 11.5. The monoisotopic (exact) mass is 316 g/mol. The van der Waals surface area contributed by atoms with Crippen LogP contribution in [0.25, 0.3) is 0 Å². The summed E-state index contributed by atoms with van der Waals surface area (Å²) in [7, 11) is 0. The number of alkyl halides is 3. The lowest BCUT2D eigenvalue weighted by Gasteiger charge is -2.16. The summed E-state index contributed by atoms with van der Waals surface area (Å²) >= 11 is 0. The van der Waals surface area contributed by atoms with Gasteiger partial charge in [0, 0.05) is 18.8 Å². The molecule has 1 aliphatic heterocycles. The van der Waals surface area contributed by atoms with Crippen LogP contribution in [0.2, 0.25) is 0 Å². The Hall–Kier alpha value is -2.09. The van der Waals surface area contributed by atoms with Gasteiger partial charge in [0.25, 0.3) is 0 Å². The van der Waals surface area contributed by atoms with Crippen molar-refractivity contribution in [1.82, 2.24) is 4.90 Å². The first-order chi connectivity index (χ1) is 10.2. The molecule has 1 fully saturated rings.